The summed E-state index contributed by atoms with van der Waals surface area (Å²) in [6, 6.07) is 9.33. The Morgan fingerprint density at radius 2 is 1.64 bits per heavy atom. The molecule has 5 heteroatoms. The number of ether oxygens (including phenoxy) is 1. The summed E-state index contributed by atoms with van der Waals surface area (Å²) in [7, 11) is 0. The summed E-state index contributed by atoms with van der Waals surface area (Å²) in [5.41, 5.74) is 1.53. The predicted octanol–water partition coefficient (Wildman–Crippen LogP) is 7.27. The zero-order valence-electron chi connectivity index (χ0n) is 20.6. The van der Waals surface area contributed by atoms with Crippen molar-refractivity contribution in [3.05, 3.63) is 58.9 Å². The predicted molar refractivity (Wildman–Crippen MR) is 137 cm³/mol. The van der Waals surface area contributed by atoms with Gasteiger partial charge in [0.2, 0.25) is 0 Å². The second-order valence-corrected chi connectivity index (χ2v) is 9.21. The van der Waals surface area contributed by atoms with Gasteiger partial charge in [0, 0.05) is 24.6 Å². The van der Waals surface area contributed by atoms with Crippen LogP contribution in [0.1, 0.15) is 100 Å². The Bertz CT molecular complexity index is 825. The van der Waals surface area contributed by atoms with Gasteiger partial charge in [0.1, 0.15) is 12.3 Å². The van der Waals surface area contributed by atoms with E-state index in [2.05, 4.69) is 29.9 Å². The van der Waals surface area contributed by atoms with E-state index < -0.39 is 0 Å². The quantitative estimate of drug-likeness (QED) is 0.194. The van der Waals surface area contributed by atoms with Crippen LogP contribution in [0.25, 0.3) is 0 Å². The highest BCUT2D eigenvalue weighted by atomic mass is 35.5. The Morgan fingerprint density at radius 3 is 2.30 bits per heavy atom. The molecule has 0 aliphatic carbocycles. The van der Waals surface area contributed by atoms with Crippen molar-refractivity contribution in [1.82, 2.24) is 5.32 Å². The van der Waals surface area contributed by atoms with Crippen LogP contribution in [0.5, 0.6) is 5.75 Å². The first-order valence-electron chi connectivity index (χ1n) is 12.8. The Balaban J connectivity index is 1.65. The topological polar surface area (TPSA) is 42.2 Å². The summed E-state index contributed by atoms with van der Waals surface area (Å²) in [6.07, 6.45) is 18.2. The third-order valence-electron chi connectivity index (χ3n) is 5.81. The Labute approximate surface area is 205 Å². The molecule has 4 nitrogen and oxygen atoms in total. The zero-order valence-corrected chi connectivity index (χ0v) is 21.3. The van der Waals surface area contributed by atoms with Crippen LogP contribution in [-0.2, 0) is 13.1 Å². The van der Waals surface area contributed by atoms with Gasteiger partial charge in [-0.2, -0.15) is 0 Å². The van der Waals surface area contributed by atoms with E-state index in [0.29, 0.717) is 23.7 Å². The molecule has 1 amide bonds. The SMILES string of the molecule is CCCCCCCCCCCCOc1ccc(C(=O)NCc2ccc[n+](CCC)c2)c(Cl)c1. The molecule has 0 fully saturated rings. The monoisotopic (exact) mass is 473 g/mol. The minimum absolute atomic E-state index is 0.174. The van der Waals surface area contributed by atoms with E-state index in [0.717, 1.165) is 30.7 Å². The molecule has 0 saturated heterocycles. The molecule has 1 aromatic carbocycles. The maximum absolute atomic E-state index is 12.6. The van der Waals surface area contributed by atoms with Crippen LogP contribution in [0.4, 0.5) is 0 Å². The normalized spacial score (nSPS) is 10.9. The van der Waals surface area contributed by atoms with Gasteiger partial charge in [0.05, 0.1) is 17.2 Å². The maximum Gasteiger partial charge on any atom is 0.253 e. The summed E-state index contributed by atoms with van der Waals surface area (Å²) in [6.45, 7) is 6.53. The van der Waals surface area contributed by atoms with Gasteiger partial charge in [0.15, 0.2) is 12.4 Å². The molecule has 33 heavy (non-hydrogen) atoms. The average molecular weight is 474 g/mol. The number of pyridine rings is 1. The molecule has 182 valence electrons. The van der Waals surface area contributed by atoms with Crippen molar-refractivity contribution in [2.45, 2.75) is 97.6 Å². The summed E-state index contributed by atoms with van der Waals surface area (Å²) in [4.78, 5) is 12.6. The first-order chi connectivity index (χ1) is 16.1. The lowest BCUT2D eigenvalue weighted by atomic mass is 10.1. The number of aromatic nitrogens is 1. The van der Waals surface area contributed by atoms with Crippen LogP contribution in [0.15, 0.2) is 42.7 Å². The molecule has 0 aliphatic rings. The van der Waals surface area contributed by atoms with Crippen molar-refractivity contribution in [2.24, 2.45) is 0 Å². The van der Waals surface area contributed by atoms with Gasteiger partial charge in [-0.3, -0.25) is 4.79 Å². The fourth-order valence-electron chi connectivity index (χ4n) is 3.90. The number of halogens is 1. The molecule has 0 saturated carbocycles. The zero-order chi connectivity index (χ0) is 23.7. The number of carbonyl (C=O) groups is 1. The first kappa shape index (κ1) is 27.2. The van der Waals surface area contributed by atoms with Crippen LogP contribution in [-0.4, -0.2) is 12.5 Å². The van der Waals surface area contributed by atoms with Crippen molar-refractivity contribution in [3.63, 3.8) is 0 Å². The Kier molecular flexibility index (Phi) is 13.6. The van der Waals surface area contributed by atoms with Gasteiger partial charge >= 0.3 is 0 Å². The summed E-state index contributed by atoms with van der Waals surface area (Å²) in [5.74, 6) is 0.545. The van der Waals surface area contributed by atoms with E-state index in [1.165, 1.54) is 57.8 Å². The number of nitrogens with one attached hydrogen (secondary N) is 1. The molecule has 1 aromatic heterocycles. The highest BCUT2D eigenvalue weighted by Crippen LogP contribution is 2.23. The van der Waals surface area contributed by atoms with Crippen molar-refractivity contribution in [1.29, 1.82) is 0 Å². The van der Waals surface area contributed by atoms with Crippen LogP contribution in [0.2, 0.25) is 5.02 Å². The fraction of sp³-hybridized carbons (Fsp3) is 0.571. The molecule has 1 N–H and O–H groups in total. The molecule has 0 aliphatic heterocycles. The van der Waals surface area contributed by atoms with Crippen molar-refractivity contribution < 1.29 is 14.1 Å². The van der Waals surface area contributed by atoms with Gasteiger partial charge in [-0.05, 0) is 30.7 Å². The van der Waals surface area contributed by atoms with Gasteiger partial charge in [0.25, 0.3) is 5.91 Å². The van der Waals surface area contributed by atoms with Gasteiger partial charge in [-0.15, -0.1) is 0 Å². The van der Waals surface area contributed by atoms with E-state index in [9.17, 15) is 4.79 Å². The number of nitrogens with zero attached hydrogens (tertiary/aromatic N) is 1. The number of carbonyl (C=O) groups excluding carboxylic acids is 1. The van der Waals surface area contributed by atoms with Crippen LogP contribution < -0.4 is 14.6 Å². The molecule has 0 bridgehead atoms. The third-order valence-corrected chi connectivity index (χ3v) is 6.12. The standard InChI is InChI=1S/C28H41ClN2O2/c1-3-5-6-7-8-9-10-11-12-13-20-33-25-16-17-26(27(29)21-25)28(32)30-22-24-15-14-19-31(23-24)18-4-2/h14-17,19,21,23H,3-13,18,20,22H2,1-2H3/p+1. The number of rotatable bonds is 17. The second kappa shape index (κ2) is 16.5. The highest BCUT2D eigenvalue weighted by molar-refractivity contribution is 6.34. The molecule has 0 unspecified atom stereocenters. The smallest absolute Gasteiger partial charge is 0.253 e. The number of aryl methyl sites for hydroxylation is 1. The molecular formula is C28H42ClN2O2+. The lowest BCUT2D eigenvalue weighted by molar-refractivity contribution is -0.697. The van der Waals surface area contributed by atoms with Crippen molar-refractivity contribution in [3.8, 4) is 5.75 Å². The largest absolute Gasteiger partial charge is 0.494 e. The van der Waals surface area contributed by atoms with Gasteiger partial charge in [-0.25, -0.2) is 4.57 Å². The number of benzene rings is 1. The van der Waals surface area contributed by atoms with E-state index in [1.807, 2.05) is 24.4 Å². The Morgan fingerprint density at radius 1 is 0.939 bits per heavy atom. The van der Waals surface area contributed by atoms with Gasteiger partial charge in [-0.1, -0.05) is 83.2 Å². The van der Waals surface area contributed by atoms with E-state index in [-0.39, 0.29) is 5.91 Å². The summed E-state index contributed by atoms with van der Waals surface area (Å²) in [5, 5.41) is 3.38. The number of amides is 1. The number of hydrogen-bond donors (Lipinski definition) is 1. The maximum atomic E-state index is 12.6. The highest BCUT2D eigenvalue weighted by Gasteiger charge is 2.12. The van der Waals surface area contributed by atoms with Crippen LogP contribution >= 0.6 is 11.6 Å². The Hall–Kier alpha value is -2.07. The molecule has 0 radical (unpaired) electrons. The summed E-state index contributed by atoms with van der Waals surface area (Å²) >= 11 is 6.37. The van der Waals surface area contributed by atoms with Crippen molar-refractivity contribution in [2.75, 3.05) is 6.61 Å². The fourth-order valence-corrected chi connectivity index (χ4v) is 4.16. The third kappa shape index (κ3) is 11.1. The molecule has 0 atom stereocenters. The van der Waals surface area contributed by atoms with Crippen LogP contribution in [0.3, 0.4) is 0 Å². The lowest BCUT2D eigenvalue weighted by Crippen LogP contribution is -2.34. The summed E-state index contributed by atoms with van der Waals surface area (Å²) < 4.78 is 7.97. The van der Waals surface area contributed by atoms with E-state index in [4.69, 9.17) is 16.3 Å². The molecule has 0 spiro atoms. The molecule has 2 rings (SSSR count). The van der Waals surface area contributed by atoms with Gasteiger partial charge < -0.3 is 10.1 Å². The molecular weight excluding hydrogens is 432 g/mol. The van der Waals surface area contributed by atoms with Crippen LogP contribution in [0, 0.1) is 0 Å². The lowest BCUT2D eigenvalue weighted by Gasteiger charge is -2.10. The molecule has 2 aromatic rings. The van der Waals surface area contributed by atoms with E-state index in [1.54, 1.807) is 12.1 Å². The average Bonchev–Trinajstić information content (AvgIpc) is 2.81. The first-order valence-corrected chi connectivity index (χ1v) is 13.2. The van der Waals surface area contributed by atoms with Crippen molar-refractivity contribution >= 4 is 17.5 Å². The molecule has 1 heterocycles. The minimum Gasteiger partial charge on any atom is -0.494 e. The second-order valence-electron chi connectivity index (χ2n) is 8.80. The van der Waals surface area contributed by atoms with E-state index >= 15 is 0 Å². The minimum atomic E-state index is -0.174. The number of hydrogen-bond acceptors (Lipinski definition) is 2. The number of unbranched alkanes of at least 4 members (excludes halogenated alkanes) is 9.